The van der Waals surface area contributed by atoms with Crippen molar-refractivity contribution in [3.05, 3.63) is 101 Å². The number of imidazole rings is 1. The van der Waals surface area contributed by atoms with Crippen molar-refractivity contribution in [2.24, 2.45) is 0 Å². The zero-order valence-corrected chi connectivity index (χ0v) is 20.5. The lowest BCUT2D eigenvalue weighted by atomic mass is 9.97. The minimum atomic E-state index is -0.0933. The molecule has 0 radical (unpaired) electrons. The van der Waals surface area contributed by atoms with Gasteiger partial charge in [0.15, 0.2) is 6.33 Å². The first-order valence-corrected chi connectivity index (χ1v) is 12.9. The maximum Gasteiger partial charge on any atom is 0.388 e. The van der Waals surface area contributed by atoms with Gasteiger partial charge in [-0.15, -0.1) is 21.3 Å². The van der Waals surface area contributed by atoms with Crippen LogP contribution in [-0.2, 0) is 6.54 Å². The highest BCUT2D eigenvalue weighted by Gasteiger charge is 2.25. The van der Waals surface area contributed by atoms with E-state index in [4.69, 9.17) is 4.98 Å². The minimum absolute atomic E-state index is 0.0933. The fourth-order valence-electron chi connectivity index (χ4n) is 4.71. The number of hydrogen-bond donors (Lipinski definition) is 2. The lowest BCUT2D eigenvalue weighted by Crippen LogP contribution is -2.35. The van der Waals surface area contributed by atoms with Crippen LogP contribution < -0.4 is 10.1 Å². The first-order valence-electron chi connectivity index (χ1n) is 12.1. The Bertz CT molecular complexity index is 1490. The van der Waals surface area contributed by atoms with Crippen LogP contribution in [-0.4, -0.2) is 42.9 Å². The first kappa shape index (κ1) is 22.5. The molecular weight excluding hydrogens is 470 g/mol. The normalized spacial score (nSPS) is 16.3. The molecule has 8 nitrogen and oxygen atoms in total. The number of nitrogens with one attached hydrogen (secondary N) is 2. The van der Waals surface area contributed by atoms with Gasteiger partial charge in [0, 0.05) is 24.1 Å². The third-order valence-corrected chi connectivity index (χ3v) is 7.37. The molecule has 180 valence electrons. The SMILES string of the molecule is O=c1cc(-c2cccs2)nc(C2CCCN(Cc3c[n+](-c4ncc(-c5ccccc5)cn4)c[nH]3)C2)[nH]1. The fraction of sp³-hybridized carbons (Fsp3) is 0.222. The fourth-order valence-corrected chi connectivity index (χ4v) is 5.40. The maximum atomic E-state index is 12.3. The molecule has 5 aromatic rings. The Morgan fingerprint density at radius 3 is 2.75 bits per heavy atom. The summed E-state index contributed by atoms with van der Waals surface area (Å²) in [5, 5.41) is 2.01. The Morgan fingerprint density at radius 2 is 1.94 bits per heavy atom. The van der Waals surface area contributed by atoms with Crippen LogP contribution >= 0.6 is 11.3 Å². The number of H-pyrrole nitrogens is 2. The highest BCUT2D eigenvalue weighted by Crippen LogP contribution is 2.27. The van der Waals surface area contributed by atoms with Crippen molar-refractivity contribution in [2.75, 3.05) is 13.1 Å². The molecule has 0 amide bonds. The largest absolute Gasteiger partial charge is 0.388 e. The summed E-state index contributed by atoms with van der Waals surface area (Å²) in [5.74, 6) is 1.60. The number of likely N-dealkylation sites (tertiary alicyclic amines) is 1. The van der Waals surface area contributed by atoms with E-state index >= 15 is 0 Å². The molecule has 0 spiro atoms. The number of aromatic nitrogens is 6. The summed E-state index contributed by atoms with van der Waals surface area (Å²) in [6, 6.07) is 15.7. The van der Waals surface area contributed by atoms with Crippen molar-refractivity contribution >= 4 is 11.3 Å². The molecule has 0 bridgehead atoms. The van der Waals surface area contributed by atoms with Gasteiger partial charge in [-0.3, -0.25) is 14.7 Å². The average Bonchev–Trinajstić information content (AvgIpc) is 3.62. The predicted octanol–water partition coefficient (Wildman–Crippen LogP) is 3.94. The van der Waals surface area contributed by atoms with Crippen LogP contribution in [0.1, 0.15) is 30.3 Å². The lowest BCUT2D eigenvalue weighted by molar-refractivity contribution is -0.602. The molecule has 1 aromatic carbocycles. The molecule has 1 fully saturated rings. The van der Waals surface area contributed by atoms with Crippen molar-refractivity contribution in [1.82, 2.24) is 29.8 Å². The maximum absolute atomic E-state index is 12.3. The smallest absolute Gasteiger partial charge is 0.310 e. The van der Waals surface area contributed by atoms with Crippen molar-refractivity contribution in [3.8, 4) is 27.6 Å². The molecule has 1 saturated heterocycles. The number of benzene rings is 1. The number of nitrogens with zero attached hydrogens (tertiary/aromatic N) is 5. The summed E-state index contributed by atoms with van der Waals surface area (Å²) in [6.07, 6.45) is 9.70. The Labute approximate surface area is 212 Å². The highest BCUT2D eigenvalue weighted by atomic mass is 32.1. The van der Waals surface area contributed by atoms with Crippen molar-refractivity contribution < 1.29 is 4.57 Å². The molecule has 1 aliphatic rings. The van der Waals surface area contributed by atoms with Crippen LogP contribution in [0, 0.1) is 0 Å². The van der Waals surface area contributed by atoms with Crippen molar-refractivity contribution in [3.63, 3.8) is 0 Å². The van der Waals surface area contributed by atoms with Gasteiger partial charge in [-0.2, -0.15) is 4.57 Å². The molecule has 5 heterocycles. The molecule has 36 heavy (non-hydrogen) atoms. The van der Waals surface area contributed by atoms with Gasteiger partial charge in [-0.05, 0) is 36.4 Å². The number of hydrogen-bond acceptors (Lipinski definition) is 6. The predicted molar refractivity (Wildman–Crippen MR) is 139 cm³/mol. The summed E-state index contributed by atoms with van der Waals surface area (Å²) in [4.78, 5) is 36.0. The zero-order valence-electron chi connectivity index (χ0n) is 19.7. The second kappa shape index (κ2) is 9.96. The lowest BCUT2D eigenvalue weighted by Gasteiger charge is -2.31. The van der Waals surface area contributed by atoms with Gasteiger partial charge in [-0.1, -0.05) is 36.4 Å². The average molecular weight is 497 g/mol. The third-order valence-electron chi connectivity index (χ3n) is 6.48. The summed E-state index contributed by atoms with van der Waals surface area (Å²) in [6.45, 7) is 2.63. The first-order chi connectivity index (χ1) is 17.7. The van der Waals surface area contributed by atoms with E-state index in [9.17, 15) is 4.79 Å². The highest BCUT2D eigenvalue weighted by molar-refractivity contribution is 7.13. The van der Waals surface area contributed by atoms with Crippen LogP contribution in [0.3, 0.4) is 0 Å². The van der Waals surface area contributed by atoms with E-state index < -0.39 is 0 Å². The topological polar surface area (TPSA) is 94.4 Å². The molecule has 9 heteroatoms. The van der Waals surface area contributed by atoms with E-state index in [0.717, 1.165) is 65.7 Å². The number of thiophene rings is 1. The van der Waals surface area contributed by atoms with E-state index in [-0.39, 0.29) is 11.5 Å². The molecule has 6 rings (SSSR count). The second-order valence-electron chi connectivity index (χ2n) is 9.04. The number of piperidine rings is 1. The van der Waals surface area contributed by atoms with E-state index in [1.165, 1.54) is 0 Å². The Kier molecular flexibility index (Phi) is 6.23. The molecule has 1 aliphatic heterocycles. The van der Waals surface area contributed by atoms with Crippen molar-refractivity contribution in [2.45, 2.75) is 25.3 Å². The number of aromatic amines is 2. The standard InChI is InChI=1S/C27H25N7OS/c35-25-12-23(24-9-5-11-36-24)31-26(32-25)20-8-4-10-33(15-20)16-22-17-34(18-30-22)27-28-13-21(14-29-27)19-6-2-1-3-7-19/h1-3,5-7,9,11-14,17-18,20H,4,8,10,15-16H2,(H,31,32,35)/p+1. The molecule has 1 unspecified atom stereocenters. The summed E-state index contributed by atoms with van der Waals surface area (Å²) in [5.41, 5.74) is 3.83. The van der Waals surface area contributed by atoms with Crippen molar-refractivity contribution in [1.29, 1.82) is 0 Å². The van der Waals surface area contributed by atoms with Gasteiger partial charge in [0.25, 0.3) is 5.56 Å². The Balaban J connectivity index is 1.14. The van der Waals surface area contributed by atoms with Gasteiger partial charge in [-0.25, -0.2) is 4.98 Å². The molecule has 0 aliphatic carbocycles. The molecule has 4 aromatic heterocycles. The van der Waals surface area contributed by atoms with E-state index in [0.29, 0.717) is 5.95 Å². The molecule has 2 N–H and O–H groups in total. The van der Waals surface area contributed by atoms with Gasteiger partial charge in [0.1, 0.15) is 11.5 Å². The minimum Gasteiger partial charge on any atom is -0.310 e. The van der Waals surface area contributed by atoms with Crippen LogP contribution in [0.4, 0.5) is 0 Å². The molecule has 0 saturated carbocycles. The van der Waals surface area contributed by atoms with E-state index in [2.05, 4.69) is 37.0 Å². The summed E-state index contributed by atoms with van der Waals surface area (Å²) >= 11 is 1.60. The Hall–Kier alpha value is -3.95. The van der Waals surface area contributed by atoms with Gasteiger partial charge in [0.2, 0.25) is 0 Å². The van der Waals surface area contributed by atoms with Crippen LogP contribution in [0.15, 0.2) is 83.6 Å². The van der Waals surface area contributed by atoms with Gasteiger partial charge < -0.3 is 4.98 Å². The van der Waals surface area contributed by atoms with Gasteiger partial charge >= 0.3 is 5.95 Å². The third kappa shape index (κ3) is 4.89. The number of rotatable bonds is 6. The monoisotopic (exact) mass is 496 g/mol. The Morgan fingerprint density at radius 1 is 1.08 bits per heavy atom. The summed E-state index contributed by atoms with van der Waals surface area (Å²) < 4.78 is 1.91. The second-order valence-corrected chi connectivity index (χ2v) is 9.99. The summed E-state index contributed by atoms with van der Waals surface area (Å²) in [7, 11) is 0. The van der Waals surface area contributed by atoms with Crippen LogP contribution in [0.2, 0.25) is 0 Å². The van der Waals surface area contributed by atoms with Crippen LogP contribution in [0.5, 0.6) is 0 Å². The molecule has 1 atom stereocenters. The van der Waals surface area contributed by atoms with Crippen LogP contribution in [0.25, 0.3) is 27.6 Å². The van der Waals surface area contributed by atoms with E-state index in [1.54, 1.807) is 17.4 Å². The molecular formula is C27H26N7OS+. The van der Waals surface area contributed by atoms with E-state index in [1.807, 2.05) is 65.2 Å². The quantitative estimate of drug-likeness (QED) is 0.347. The van der Waals surface area contributed by atoms with Gasteiger partial charge in [0.05, 0.1) is 35.7 Å². The zero-order chi connectivity index (χ0) is 24.3.